The summed E-state index contributed by atoms with van der Waals surface area (Å²) >= 11 is 6.20. The largest absolute Gasteiger partial charge is 0.444 e. The van der Waals surface area contributed by atoms with Gasteiger partial charge in [-0.05, 0) is 57.2 Å². The Hall–Kier alpha value is -5.16. The number of anilines is 2. The molecule has 1 atom stereocenters. The molecule has 1 unspecified atom stereocenters. The number of amides is 4. The monoisotopic (exact) mass is 698 g/mol. The maximum Gasteiger partial charge on any atom is 0.410 e. The van der Waals surface area contributed by atoms with Crippen molar-refractivity contribution in [2.45, 2.75) is 57.2 Å². The Bertz CT molecular complexity index is 1740. The molecule has 0 spiro atoms. The van der Waals surface area contributed by atoms with Crippen LogP contribution in [0.25, 0.3) is 0 Å². The highest BCUT2D eigenvalue weighted by molar-refractivity contribution is 6.31. The first-order valence-corrected chi connectivity index (χ1v) is 15.5. The Balaban J connectivity index is 0.000000226. The van der Waals surface area contributed by atoms with Crippen LogP contribution < -0.4 is 15.1 Å². The van der Waals surface area contributed by atoms with Crippen LogP contribution in [0.3, 0.4) is 0 Å². The van der Waals surface area contributed by atoms with Crippen LogP contribution in [0, 0.1) is 17.1 Å². The third-order valence-corrected chi connectivity index (χ3v) is 7.75. The summed E-state index contributed by atoms with van der Waals surface area (Å²) in [6.45, 7) is 5.95. The van der Waals surface area contributed by atoms with Crippen molar-refractivity contribution in [3.05, 3.63) is 88.8 Å². The standard InChI is InChI=1S/C19H16ClF3N2O2.C15H18N4O3/c20-16-7-2-1-6-15(16)17(18(27)24-13-9-19(22,23)10-13)25(11-26)14-5-3-4-12(21)8-14;1-15(2,3)22-14(21)18-6-7-19(13(20)10-18)12-8-11(9-16)4-5-17-12/h1-8,11,13,17H,9-10H2,(H,24,27);4-5,8H,6-7,10H2,1-3H3. The fraction of sp³-hybridized carbons (Fsp3) is 0.353. The van der Waals surface area contributed by atoms with E-state index in [4.69, 9.17) is 21.6 Å². The van der Waals surface area contributed by atoms with Gasteiger partial charge in [0.05, 0.1) is 11.6 Å². The third-order valence-electron chi connectivity index (χ3n) is 7.41. The number of carbonyl (C=O) groups excluding carboxylic acids is 4. The number of nitriles is 1. The minimum atomic E-state index is -2.80. The molecule has 2 aromatic carbocycles. The van der Waals surface area contributed by atoms with Crippen molar-refractivity contribution in [2.24, 2.45) is 0 Å². The summed E-state index contributed by atoms with van der Waals surface area (Å²) in [6.07, 6.45) is 0.447. The van der Waals surface area contributed by atoms with Crippen molar-refractivity contribution in [2.75, 3.05) is 29.4 Å². The Morgan fingerprint density at radius 1 is 1.14 bits per heavy atom. The SMILES string of the molecule is CC(C)(C)OC(=O)N1CCN(c2cc(C#N)ccn2)C(=O)C1.O=CN(c1cccc(F)c1)C(C(=O)NC1CC(F)(F)C1)c1ccccc1Cl. The van der Waals surface area contributed by atoms with Crippen LogP contribution >= 0.6 is 11.6 Å². The van der Waals surface area contributed by atoms with E-state index in [1.807, 2.05) is 6.07 Å². The highest BCUT2D eigenvalue weighted by Crippen LogP contribution is 2.38. The van der Waals surface area contributed by atoms with Crippen LogP contribution in [0.4, 0.5) is 29.5 Å². The van der Waals surface area contributed by atoms with E-state index in [9.17, 15) is 32.3 Å². The molecule has 4 amide bonds. The van der Waals surface area contributed by atoms with Crippen molar-refractivity contribution >= 4 is 47.4 Å². The minimum absolute atomic E-state index is 0.0621. The summed E-state index contributed by atoms with van der Waals surface area (Å²) in [6, 6.07) is 14.8. The molecule has 258 valence electrons. The maximum atomic E-state index is 13.6. The molecule has 49 heavy (non-hydrogen) atoms. The van der Waals surface area contributed by atoms with E-state index in [2.05, 4.69) is 10.3 Å². The zero-order valence-corrected chi connectivity index (χ0v) is 27.7. The molecule has 15 heteroatoms. The number of ether oxygens (including phenoxy) is 1. The van der Waals surface area contributed by atoms with E-state index in [-0.39, 0.29) is 23.2 Å². The fourth-order valence-corrected chi connectivity index (χ4v) is 5.34. The second kappa shape index (κ2) is 15.4. The summed E-state index contributed by atoms with van der Waals surface area (Å²) in [5.41, 5.74) is 0.287. The van der Waals surface area contributed by atoms with Gasteiger partial charge in [0.1, 0.15) is 29.8 Å². The molecule has 1 aromatic heterocycles. The summed E-state index contributed by atoms with van der Waals surface area (Å²) in [7, 11) is 0. The average molecular weight is 699 g/mol. The second-order valence-electron chi connectivity index (χ2n) is 12.3. The third kappa shape index (κ3) is 9.70. The molecule has 1 saturated carbocycles. The first kappa shape index (κ1) is 36.7. The van der Waals surface area contributed by atoms with Crippen LogP contribution in [0.2, 0.25) is 5.02 Å². The molecule has 3 aromatic rings. The van der Waals surface area contributed by atoms with E-state index in [1.54, 1.807) is 57.2 Å². The summed E-state index contributed by atoms with van der Waals surface area (Å²) in [5.74, 6) is -3.88. The Kier molecular flexibility index (Phi) is 11.5. The van der Waals surface area contributed by atoms with Gasteiger partial charge in [0, 0.05) is 54.4 Å². The lowest BCUT2D eigenvalue weighted by atomic mass is 9.87. The number of nitrogens with one attached hydrogen (secondary N) is 1. The average Bonchev–Trinajstić information content (AvgIpc) is 3.02. The quantitative estimate of drug-likeness (QED) is 0.316. The first-order valence-electron chi connectivity index (χ1n) is 15.2. The smallest absolute Gasteiger partial charge is 0.410 e. The van der Waals surface area contributed by atoms with E-state index in [1.165, 1.54) is 34.2 Å². The lowest BCUT2D eigenvalue weighted by Crippen LogP contribution is -2.53. The molecular formula is C34H34ClF3N6O5. The second-order valence-corrected chi connectivity index (χ2v) is 12.8. The maximum absolute atomic E-state index is 13.6. The molecule has 1 aliphatic heterocycles. The van der Waals surface area contributed by atoms with Crippen LogP contribution in [0.1, 0.15) is 50.8 Å². The van der Waals surface area contributed by atoms with Crippen molar-refractivity contribution in [1.29, 1.82) is 5.26 Å². The molecule has 1 aliphatic carbocycles. The number of piperazine rings is 1. The number of hydrogen-bond acceptors (Lipinski definition) is 7. The molecule has 1 N–H and O–H groups in total. The van der Waals surface area contributed by atoms with Gasteiger partial charge in [0.15, 0.2) is 0 Å². The molecular weight excluding hydrogens is 665 g/mol. The first-order chi connectivity index (χ1) is 23.1. The molecule has 5 rings (SSSR count). The minimum Gasteiger partial charge on any atom is -0.444 e. The number of pyridine rings is 1. The van der Waals surface area contributed by atoms with Crippen LogP contribution in [0.15, 0.2) is 66.9 Å². The Morgan fingerprint density at radius 3 is 2.45 bits per heavy atom. The van der Waals surface area contributed by atoms with Crippen LogP contribution in [-0.4, -0.2) is 71.4 Å². The van der Waals surface area contributed by atoms with Gasteiger partial charge in [0.25, 0.3) is 5.92 Å². The molecule has 11 nitrogen and oxygen atoms in total. The van der Waals surface area contributed by atoms with Gasteiger partial charge >= 0.3 is 6.09 Å². The van der Waals surface area contributed by atoms with Gasteiger partial charge in [-0.25, -0.2) is 22.9 Å². The van der Waals surface area contributed by atoms with E-state index in [0.717, 1.165) is 11.0 Å². The predicted octanol–water partition coefficient (Wildman–Crippen LogP) is 5.63. The lowest BCUT2D eigenvalue weighted by molar-refractivity contribution is -0.131. The molecule has 0 radical (unpaired) electrons. The van der Waals surface area contributed by atoms with E-state index < -0.39 is 54.3 Å². The van der Waals surface area contributed by atoms with Crippen LogP contribution in [-0.2, 0) is 19.1 Å². The number of nitrogens with zero attached hydrogens (tertiary/aromatic N) is 5. The van der Waals surface area contributed by atoms with Crippen LogP contribution in [0.5, 0.6) is 0 Å². The summed E-state index contributed by atoms with van der Waals surface area (Å²) in [5, 5.41) is 11.6. The van der Waals surface area contributed by atoms with Gasteiger partial charge in [-0.15, -0.1) is 0 Å². The van der Waals surface area contributed by atoms with Crippen molar-refractivity contribution in [3.8, 4) is 6.07 Å². The van der Waals surface area contributed by atoms with Crippen molar-refractivity contribution < 1.29 is 37.1 Å². The van der Waals surface area contributed by atoms with Gasteiger partial charge in [-0.2, -0.15) is 5.26 Å². The van der Waals surface area contributed by atoms with E-state index in [0.29, 0.717) is 36.4 Å². The molecule has 2 fully saturated rings. The Morgan fingerprint density at radius 2 is 1.86 bits per heavy atom. The number of benzene rings is 2. The fourth-order valence-electron chi connectivity index (χ4n) is 5.10. The molecule has 2 aliphatic rings. The summed E-state index contributed by atoms with van der Waals surface area (Å²) in [4.78, 5) is 56.8. The number of carbonyl (C=O) groups is 4. The zero-order chi connectivity index (χ0) is 35.9. The number of rotatable bonds is 7. The van der Waals surface area contributed by atoms with Crippen molar-refractivity contribution in [3.63, 3.8) is 0 Å². The Labute approximate surface area is 286 Å². The molecule has 2 heterocycles. The van der Waals surface area contributed by atoms with Gasteiger partial charge in [0.2, 0.25) is 18.2 Å². The molecule has 1 saturated heterocycles. The normalized spacial score (nSPS) is 16.2. The number of aromatic nitrogens is 1. The van der Waals surface area contributed by atoms with Crippen molar-refractivity contribution in [1.82, 2.24) is 15.2 Å². The van der Waals surface area contributed by atoms with E-state index >= 15 is 0 Å². The number of halogens is 4. The lowest BCUT2D eigenvalue weighted by Gasteiger charge is -2.37. The zero-order valence-electron chi connectivity index (χ0n) is 26.9. The molecule has 0 bridgehead atoms. The highest BCUT2D eigenvalue weighted by Gasteiger charge is 2.47. The highest BCUT2D eigenvalue weighted by atomic mass is 35.5. The van der Waals surface area contributed by atoms with Gasteiger partial charge < -0.3 is 10.1 Å². The predicted molar refractivity (Wildman–Crippen MR) is 174 cm³/mol. The topological polar surface area (TPSA) is 136 Å². The number of hydrogen-bond donors (Lipinski definition) is 1. The van der Waals surface area contributed by atoms with Gasteiger partial charge in [-0.3, -0.25) is 29.1 Å². The van der Waals surface area contributed by atoms with Gasteiger partial charge in [-0.1, -0.05) is 35.9 Å². The number of alkyl halides is 2. The summed E-state index contributed by atoms with van der Waals surface area (Å²) < 4.78 is 45.0.